The summed E-state index contributed by atoms with van der Waals surface area (Å²) in [7, 11) is 0. The summed E-state index contributed by atoms with van der Waals surface area (Å²) < 4.78 is 39.0. The van der Waals surface area contributed by atoms with Crippen molar-refractivity contribution in [2.75, 3.05) is 0 Å². The molecule has 0 unspecified atom stereocenters. The molecule has 0 radical (unpaired) electrons. The van der Waals surface area contributed by atoms with Gasteiger partial charge in [0.05, 0.1) is 5.88 Å². The van der Waals surface area contributed by atoms with Crippen molar-refractivity contribution in [2.45, 2.75) is 12.1 Å². The van der Waals surface area contributed by atoms with Crippen LogP contribution in [0, 0.1) is 0 Å². The first-order valence-corrected chi connectivity index (χ1v) is 5.53. The van der Waals surface area contributed by atoms with Crippen molar-refractivity contribution in [3.63, 3.8) is 0 Å². The van der Waals surface area contributed by atoms with Crippen LogP contribution in [-0.2, 0) is 12.1 Å². The van der Waals surface area contributed by atoms with Gasteiger partial charge < -0.3 is 0 Å². The third-order valence-corrected chi connectivity index (χ3v) is 2.76. The van der Waals surface area contributed by atoms with Crippen LogP contribution in [0.25, 0.3) is 5.82 Å². The van der Waals surface area contributed by atoms with Gasteiger partial charge in [0.25, 0.3) is 0 Å². The average molecular weight is 297 g/mol. The van der Waals surface area contributed by atoms with Crippen LogP contribution in [0.15, 0.2) is 18.6 Å². The summed E-state index contributed by atoms with van der Waals surface area (Å²) in [6, 6.07) is 1.39. The van der Waals surface area contributed by atoms with Gasteiger partial charge in [0.15, 0.2) is 11.5 Å². The third-order valence-electron chi connectivity index (χ3n) is 2.11. The third kappa shape index (κ3) is 2.28. The van der Waals surface area contributed by atoms with E-state index in [0.29, 0.717) is 0 Å². The van der Waals surface area contributed by atoms with E-state index in [2.05, 4.69) is 15.1 Å². The second-order valence-corrected chi connectivity index (χ2v) is 3.85. The van der Waals surface area contributed by atoms with Crippen LogP contribution in [0.3, 0.4) is 0 Å². The van der Waals surface area contributed by atoms with Crippen LogP contribution in [-0.4, -0.2) is 19.7 Å². The Morgan fingerprint density at radius 1 is 1.33 bits per heavy atom. The van der Waals surface area contributed by atoms with Gasteiger partial charge in [-0.2, -0.15) is 18.3 Å². The molecule has 0 amide bonds. The molecule has 0 bridgehead atoms. The second-order valence-electron chi connectivity index (χ2n) is 3.23. The van der Waals surface area contributed by atoms with Crippen LogP contribution < -0.4 is 0 Å². The lowest BCUT2D eigenvalue weighted by Crippen LogP contribution is -2.09. The largest absolute Gasteiger partial charge is 0.435 e. The summed E-state index contributed by atoms with van der Waals surface area (Å²) in [5, 5.41) is 3.20. The van der Waals surface area contributed by atoms with E-state index < -0.39 is 17.8 Å². The molecule has 0 saturated heterocycles. The fraction of sp³-hybridized carbons (Fsp3) is 0.222. The molecule has 2 aromatic heterocycles. The zero-order valence-corrected chi connectivity index (χ0v) is 10.1. The van der Waals surface area contributed by atoms with Crippen molar-refractivity contribution >= 4 is 23.2 Å². The van der Waals surface area contributed by atoms with Crippen molar-refractivity contribution in [3.05, 3.63) is 35.0 Å². The molecule has 0 aromatic carbocycles. The summed E-state index contributed by atoms with van der Waals surface area (Å²) in [5.74, 6) is -0.254. The molecule has 0 atom stereocenters. The van der Waals surface area contributed by atoms with Crippen LogP contribution >= 0.6 is 23.2 Å². The van der Waals surface area contributed by atoms with E-state index in [-0.39, 0.29) is 16.5 Å². The minimum absolute atomic E-state index is 0.136. The molecule has 18 heavy (non-hydrogen) atoms. The van der Waals surface area contributed by atoms with Crippen molar-refractivity contribution in [1.29, 1.82) is 0 Å². The van der Waals surface area contributed by atoms with E-state index in [0.717, 1.165) is 4.68 Å². The van der Waals surface area contributed by atoms with Gasteiger partial charge >= 0.3 is 6.18 Å². The highest BCUT2D eigenvalue weighted by atomic mass is 35.5. The molecule has 2 heterocycles. The average Bonchev–Trinajstić information content (AvgIpc) is 2.67. The summed E-state index contributed by atoms with van der Waals surface area (Å²) >= 11 is 11.3. The molecule has 0 aliphatic heterocycles. The minimum atomic E-state index is -4.62. The smallest absolute Gasteiger partial charge is 0.245 e. The van der Waals surface area contributed by atoms with E-state index in [9.17, 15) is 13.2 Å². The lowest BCUT2D eigenvalue weighted by molar-refractivity contribution is -0.141. The second kappa shape index (κ2) is 4.74. The maximum Gasteiger partial charge on any atom is 0.435 e. The molecule has 0 aliphatic carbocycles. The van der Waals surface area contributed by atoms with Crippen LogP contribution in [0.5, 0.6) is 0 Å². The Bertz CT molecular complexity index is 553. The lowest BCUT2D eigenvalue weighted by Gasteiger charge is -2.03. The summed E-state index contributed by atoms with van der Waals surface area (Å²) in [5.41, 5.74) is -1.38. The summed E-state index contributed by atoms with van der Waals surface area (Å²) in [4.78, 5) is 7.43. The Morgan fingerprint density at radius 3 is 2.50 bits per heavy atom. The van der Waals surface area contributed by atoms with Gasteiger partial charge in [-0.05, 0) is 0 Å². The lowest BCUT2D eigenvalue weighted by atomic mass is 10.3. The fourth-order valence-electron chi connectivity index (χ4n) is 1.34. The minimum Gasteiger partial charge on any atom is -0.245 e. The van der Waals surface area contributed by atoms with Crippen molar-refractivity contribution in [3.8, 4) is 5.82 Å². The van der Waals surface area contributed by atoms with E-state index >= 15 is 0 Å². The number of hydrogen-bond acceptors (Lipinski definition) is 3. The molecular formula is C9H5Cl2F3N4. The number of hydrogen-bond donors (Lipinski definition) is 0. The Labute approximate surface area is 109 Å². The highest BCUT2D eigenvalue weighted by Crippen LogP contribution is 2.35. The number of alkyl halides is 4. The first-order valence-electron chi connectivity index (χ1n) is 4.62. The first-order chi connectivity index (χ1) is 8.45. The van der Waals surface area contributed by atoms with Gasteiger partial charge in [0.1, 0.15) is 11.5 Å². The van der Waals surface area contributed by atoms with Gasteiger partial charge in [-0.15, -0.1) is 11.6 Å². The van der Waals surface area contributed by atoms with Gasteiger partial charge in [-0.3, -0.25) is 0 Å². The Morgan fingerprint density at radius 2 is 2.06 bits per heavy atom. The van der Waals surface area contributed by atoms with E-state index in [1.54, 1.807) is 0 Å². The SMILES string of the molecule is FC(F)(F)c1nn(-c2ccncn2)c(Cl)c1CCl. The Kier molecular flexibility index (Phi) is 3.45. The monoisotopic (exact) mass is 296 g/mol. The normalized spacial score (nSPS) is 11.8. The molecule has 0 saturated carbocycles. The molecule has 0 N–H and O–H groups in total. The number of halogens is 5. The fourth-order valence-corrected chi connectivity index (χ4v) is 1.94. The van der Waals surface area contributed by atoms with Crippen LogP contribution in [0.2, 0.25) is 5.15 Å². The molecule has 2 aromatic rings. The molecule has 4 nitrogen and oxygen atoms in total. The summed E-state index contributed by atoms with van der Waals surface area (Å²) in [6.45, 7) is 0. The topological polar surface area (TPSA) is 43.6 Å². The Hall–Kier alpha value is -1.34. The number of rotatable bonds is 2. The molecule has 0 spiro atoms. The predicted molar refractivity (Wildman–Crippen MR) is 58.7 cm³/mol. The van der Waals surface area contributed by atoms with E-state index in [1.165, 1.54) is 18.6 Å². The molecule has 96 valence electrons. The quantitative estimate of drug-likeness (QED) is 0.800. The van der Waals surface area contributed by atoms with Gasteiger partial charge in [0.2, 0.25) is 0 Å². The van der Waals surface area contributed by atoms with Gasteiger partial charge in [-0.25, -0.2) is 14.6 Å². The number of aromatic nitrogens is 4. The molecular weight excluding hydrogens is 292 g/mol. The molecule has 0 aliphatic rings. The van der Waals surface area contributed by atoms with Crippen molar-refractivity contribution < 1.29 is 13.2 Å². The molecule has 9 heteroatoms. The Balaban J connectivity index is 2.61. The van der Waals surface area contributed by atoms with Crippen molar-refractivity contribution in [2.24, 2.45) is 0 Å². The van der Waals surface area contributed by atoms with E-state index in [4.69, 9.17) is 23.2 Å². The van der Waals surface area contributed by atoms with Gasteiger partial charge in [-0.1, -0.05) is 11.6 Å². The maximum absolute atomic E-state index is 12.7. The highest BCUT2D eigenvalue weighted by molar-refractivity contribution is 6.31. The molecule has 0 fully saturated rings. The van der Waals surface area contributed by atoms with Crippen LogP contribution in [0.4, 0.5) is 13.2 Å². The van der Waals surface area contributed by atoms with Gasteiger partial charge in [0, 0.05) is 17.8 Å². The van der Waals surface area contributed by atoms with Crippen LogP contribution in [0.1, 0.15) is 11.3 Å². The maximum atomic E-state index is 12.7. The predicted octanol–water partition coefficient (Wildman–Crippen LogP) is 3.07. The zero-order valence-electron chi connectivity index (χ0n) is 8.62. The first kappa shape index (κ1) is 13.1. The van der Waals surface area contributed by atoms with Crippen molar-refractivity contribution in [1.82, 2.24) is 19.7 Å². The molecule has 2 rings (SSSR count). The zero-order chi connectivity index (χ0) is 13.3. The standard InChI is InChI=1S/C9H5Cl2F3N4/c10-3-5-7(9(12,13)14)17-18(8(5)11)6-1-2-15-4-16-6/h1-2,4H,3H2. The number of nitrogens with zero attached hydrogens (tertiary/aromatic N) is 4. The summed E-state index contributed by atoms with van der Waals surface area (Å²) in [6.07, 6.45) is -2.07. The highest BCUT2D eigenvalue weighted by Gasteiger charge is 2.39. The van der Waals surface area contributed by atoms with E-state index in [1.807, 2.05) is 0 Å².